The number of fused-ring (bicyclic) bond motifs is 1. The molecule has 7 heteroatoms. The van der Waals surface area contributed by atoms with Crippen LogP contribution in [-0.2, 0) is 17.9 Å². The smallest absolute Gasteiger partial charge is 0.152 e. The van der Waals surface area contributed by atoms with E-state index in [1.165, 1.54) is 6.07 Å². The quantitative estimate of drug-likeness (QED) is 0.461. The third kappa shape index (κ3) is 5.53. The minimum atomic E-state index is -1.15. The van der Waals surface area contributed by atoms with Gasteiger partial charge >= 0.3 is 0 Å². The maximum absolute atomic E-state index is 14.7. The predicted octanol–water partition coefficient (Wildman–Crippen LogP) is 3.99. The molecule has 0 atom stereocenters. The van der Waals surface area contributed by atoms with E-state index in [0.29, 0.717) is 17.9 Å². The molecule has 0 N–H and O–H groups in total. The van der Waals surface area contributed by atoms with Gasteiger partial charge in [-0.25, -0.2) is 9.07 Å². The number of hydrogen-bond acceptors (Lipinski definition) is 4. The molecule has 1 heterocycles. The third-order valence-electron chi connectivity index (χ3n) is 4.56. The van der Waals surface area contributed by atoms with Crippen molar-refractivity contribution in [3.8, 4) is 5.75 Å². The molecule has 0 aliphatic heterocycles. The molecule has 0 aliphatic rings. The van der Waals surface area contributed by atoms with E-state index in [-0.39, 0.29) is 12.5 Å². The molecule has 1 aromatic heterocycles. The van der Waals surface area contributed by atoms with Crippen LogP contribution in [0.15, 0.2) is 12.1 Å². The number of rotatable bonds is 10. The van der Waals surface area contributed by atoms with E-state index in [9.17, 15) is 4.39 Å². The van der Waals surface area contributed by atoms with E-state index in [2.05, 4.69) is 43.6 Å². The average Bonchev–Trinajstić information content (AvgIpc) is 2.93. The Bertz CT molecular complexity index is 728. The van der Waals surface area contributed by atoms with Gasteiger partial charge in [0.15, 0.2) is 5.82 Å². The van der Waals surface area contributed by atoms with Gasteiger partial charge in [-0.05, 0) is 25.7 Å². The van der Waals surface area contributed by atoms with Crippen molar-refractivity contribution in [1.82, 2.24) is 14.7 Å². The van der Waals surface area contributed by atoms with E-state index in [4.69, 9.17) is 9.47 Å². The van der Waals surface area contributed by atoms with Crippen molar-refractivity contribution in [2.75, 3.05) is 33.9 Å². The molecule has 0 fully saturated rings. The monoisotopic (exact) mass is 381 g/mol. The standard InChI is InChI=1S/C19H32FN3O2Si/c1-7-22(2)9-8-18-16-12-15(24-3)13-17(20)19(16)23(21-18)14-25-10-11-26(4,5)6/h12-13H,7-11,14H2,1-6H3. The molecule has 0 spiro atoms. The van der Waals surface area contributed by atoms with Gasteiger partial charge in [-0.2, -0.15) is 5.10 Å². The summed E-state index contributed by atoms with van der Waals surface area (Å²) in [5.41, 5.74) is 1.37. The minimum Gasteiger partial charge on any atom is -0.497 e. The first-order valence-corrected chi connectivity index (χ1v) is 12.9. The van der Waals surface area contributed by atoms with Gasteiger partial charge in [0.05, 0.1) is 12.8 Å². The Morgan fingerprint density at radius 2 is 2.00 bits per heavy atom. The van der Waals surface area contributed by atoms with Crippen molar-refractivity contribution in [3.63, 3.8) is 0 Å². The molecule has 5 nitrogen and oxygen atoms in total. The van der Waals surface area contributed by atoms with E-state index < -0.39 is 8.07 Å². The highest BCUT2D eigenvalue weighted by Gasteiger charge is 2.17. The lowest BCUT2D eigenvalue weighted by Crippen LogP contribution is -2.22. The maximum atomic E-state index is 14.7. The van der Waals surface area contributed by atoms with Crippen LogP contribution in [0, 0.1) is 5.82 Å². The minimum absolute atomic E-state index is 0.272. The fourth-order valence-corrected chi connectivity index (χ4v) is 3.44. The Kier molecular flexibility index (Phi) is 7.20. The highest BCUT2D eigenvalue weighted by Crippen LogP contribution is 2.27. The maximum Gasteiger partial charge on any atom is 0.152 e. The molecule has 0 unspecified atom stereocenters. The first-order chi connectivity index (χ1) is 12.2. The number of likely N-dealkylation sites (N-methyl/N-ethyl adjacent to an activating group) is 1. The second-order valence-electron chi connectivity index (χ2n) is 7.95. The van der Waals surface area contributed by atoms with Gasteiger partial charge < -0.3 is 14.4 Å². The summed E-state index contributed by atoms with van der Waals surface area (Å²) < 4.78 is 27.4. The SMILES string of the molecule is CCN(C)CCc1nn(COCC[Si](C)(C)C)c2c(F)cc(OC)cc12. The first kappa shape index (κ1) is 20.9. The molecule has 1 aromatic carbocycles. The Hall–Kier alpha value is -1.44. The van der Waals surface area contributed by atoms with Crippen LogP contribution in [0.2, 0.25) is 25.7 Å². The number of benzene rings is 1. The highest BCUT2D eigenvalue weighted by atomic mass is 28.3. The summed E-state index contributed by atoms with van der Waals surface area (Å²) in [7, 11) is 2.47. The second-order valence-corrected chi connectivity index (χ2v) is 13.6. The summed E-state index contributed by atoms with van der Waals surface area (Å²) in [4.78, 5) is 2.21. The van der Waals surface area contributed by atoms with Crippen LogP contribution in [0.5, 0.6) is 5.75 Å². The Labute approximate surface area is 157 Å². The lowest BCUT2D eigenvalue weighted by Gasteiger charge is -2.15. The summed E-state index contributed by atoms with van der Waals surface area (Å²) >= 11 is 0. The van der Waals surface area contributed by atoms with E-state index in [1.54, 1.807) is 11.8 Å². The molecule has 0 bridgehead atoms. The largest absolute Gasteiger partial charge is 0.497 e. The van der Waals surface area contributed by atoms with E-state index in [1.807, 2.05) is 6.07 Å². The topological polar surface area (TPSA) is 39.5 Å². The van der Waals surface area contributed by atoms with Crippen molar-refractivity contribution in [2.24, 2.45) is 0 Å². The number of halogens is 1. The number of methoxy groups -OCH3 is 1. The summed E-state index contributed by atoms with van der Waals surface area (Å²) in [5, 5.41) is 5.45. The fourth-order valence-electron chi connectivity index (χ4n) is 2.69. The van der Waals surface area contributed by atoms with Crippen LogP contribution < -0.4 is 4.74 Å². The van der Waals surface area contributed by atoms with Crippen LogP contribution >= 0.6 is 0 Å². The fraction of sp³-hybridized carbons (Fsp3) is 0.632. The molecule has 0 aliphatic carbocycles. The zero-order valence-corrected chi connectivity index (χ0v) is 17.9. The molecule has 0 radical (unpaired) electrons. The summed E-state index contributed by atoms with van der Waals surface area (Å²) in [5.74, 6) is 0.190. The van der Waals surface area contributed by atoms with Crippen LogP contribution in [0.1, 0.15) is 12.6 Å². The van der Waals surface area contributed by atoms with Gasteiger partial charge in [0.1, 0.15) is 18.0 Å². The highest BCUT2D eigenvalue weighted by molar-refractivity contribution is 6.76. The molecule has 146 valence electrons. The normalized spacial score (nSPS) is 12.3. The molecular formula is C19H32FN3O2Si. The van der Waals surface area contributed by atoms with Crippen molar-refractivity contribution in [1.29, 1.82) is 0 Å². The predicted molar refractivity (Wildman–Crippen MR) is 107 cm³/mol. The first-order valence-electron chi connectivity index (χ1n) is 9.24. The summed E-state index contributed by atoms with van der Waals surface area (Å²) in [6.07, 6.45) is 0.759. The lowest BCUT2D eigenvalue weighted by atomic mass is 10.1. The van der Waals surface area contributed by atoms with Crippen LogP contribution in [0.25, 0.3) is 10.9 Å². The lowest BCUT2D eigenvalue weighted by molar-refractivity contribution is 0.0810. The number of nitrogens with zero attached hydrogens (tertiary/aromatic N) is 3. The molecule has 0 amide bonds. The molecule has 2 rings (SSSR count). The van der Waals surface area contributed by atoms with Crippen molar-refractivity contribution in [2.45, 2.75) is 45.8 Å². The average molecular weight is 382 g/mol. The number of aromatic nitrogens is 2. The van der Waals surface area contributed by atoms with Crippen molar-refractivity contribution in [3.05, 3.63) is 23.6 Å². The number of ether oxygens (including phenoxy) is 2. The van der Waals surface area contributed by atoms with Crippen molar-refractivity contribution >= 4 is 19.0 Å². The zero-order chi connectivity index (χ0) is 19.3. The molecular weight excluding hydrogens is 349 g/mol. The van der Waals surface area contributed by atoms with E-state index >= 15 is 0 Å². The van der Waals surface area contributed by atoms with Crippen molar-refractivity contribution < 1.29 is 13.9 Å². The molecule has 0 saturated heterocycles. The van der Waals surface area contributed by atoms with Crippen LogP contribution in [0.3, 0.4) is 0 Å². The Morgan fingerprint density at radius 1 is 1.27 bits per heavy atom. The number of hydrogen-bond donors (Lipinski definition) is 0. The van der Waals surface area contributed by atoms with Gasteiger partial charge in [-0.3, -0.25) is 0 Å². The van der Waals surface area contributed by atoms with Gasteiger partial charge in [-0.1, -0.05) is 26.6 Å². The molecule has 0 saturated carbocycles. The van der Waals surface area contributed by atoms with Crippen LogP contribution in [0.4, 0.5) is 4.39 Å². The van der Waals surface area contributed by atoms with Gasteiger partial charge in [-0.15, -0.1) is 0 Å². The molecule has 26 heavy (non-hydrogen) atoms. The van der Waals surface area contributed by atoms with Gasteiger partial charge in [0.2, 0.25) is 0 Å². The third-order valence-corrected chi connectivity index (χ3v) is 6.27. The molecule has 2 aromatic rings. The zero-order valence-electron chi connectivity index (χ0n) is 16.9. The summed E-state index contributed by atoms with van der Waals surface area (Å²) in [6.45, 7) is 11.9. The van der Waals surface area contributed by atoms with Crippen LogP contribution in [-0.4, -0.2) is 56.6 Å². The Balaban J connectivity index is 2.25. The van der Waals surface area contributed by atoms with Gasteiger partial charge in [0, 0.05) is 39.1 Å². The van der Waals surface area contributed by atoms with E-state index in [0.717, 1.165) is 36.6 Å². The second kappa shape index (κ2) is 8.97. The summed E-state index contributed by atoms with van der Waals surface area (Å²) in [6, 6.07) is 4.35. The Morgan fingerprint density at radius 3 is 2.62 bits per heavy atom. The van der Waals surface area contributed by atoms with Gasteiger partial charge in [0.25, 0.3) is 0 Å².